The summed E-state index contributed by atoms with van der Waals surface area (Å²) >= 11 is 0. The summed E-state index contributed by atoms with van der Waals surface area (Å²) in [5.41, 5.74) is 3.80. The lowest BCUT2D eigenvalue weighted by Gasteiger charge is -2.11. The van der Waals surface area contributed by atoms with Gasteiger partial charge in [0.15, 0.2) is 0 Å². The minimum absolute atomic E-state index is 0.0657. The average molecular weight is 517 g/mol. The molecule has 204 valence electrons. The summed E-state index contributed by atoms with van der Waals surface area (Å²) in [4.78, 5) is 12.6. The normalized spacial score (nSPS) is 11.8. The molecule has 3 aromatic carbocycles. The van der Waals surface area contributed by atoms with Crippen LogP contribution in [0.5, 0.6) is 11.5 Å². The molecule has 38 heavy (non-hydrogen) atoms. The van der Waals surface area contributed by atoms with Crippen LogP contribution in [0.3, 0.4) is 0 Å². The molecule has 0 aromatic heterocycles. The summed E-state index contributed by atoms with van der Waals surface area (Å²) in [6.07, 6.45) is 13.1. The van der Waals surface area contributed by atoms with Crippen LogP contribution >= 0.6 is 0 Å². The highest BCUT2D eigenvalue weighted by atomic mass is 16.5. The first-order valence-corrected chi connectivity index (χ1v) is 14.3. The fourth-order valence-corrected chi connectivity index (χ4v) is 4.43. The summed E-state index contributed by atoms with van der Waals surface area (Å²) in [5.74, 6) is 0.925. The summed E-state index contributed by atoms with van der Waals surface area (Å²) in [7, 11) is 1.71. The van der Waals surface area contributed by atoms with Crippen LogP contribution in [0.4, 0.5) is 0 Å². The quantitative estimate of drug-likeness (QED) is 0.102. The molecule has 0 spiro atoms. The van der Waals surface area contributed by atoms with E-state index in [1.807, 2.05) is 43.3 Å². The number of hydrogen-bond acceptors (Lipinski definition) is 4. The zero-order chi connectivity index (χ0) is 27.0. The van der Waals surface area contributed by atoms with Crippen LogP contribution in [0.1, 0.15) is 100 Å². The zero-order valence-electron chi connectivity index (χ0n) is 23.4. The van der Waals surface area contributed by atoms with E-state index >= 15 is 0 Å². The van der Waals surface area contributed by atoms with Gasteiger partial charge in [0.1, 0.15) is 11.5 Å². The molecule has 0 aliphatic heterocycles. The van der Waals surface area contributed by atoms with Crippen LogP contribution in [-0.2, 0) is 4.74 Å². The van der Waals surface area contributed by atoms with Crippen LogP contribution in [0.15, 0.2) is 72.8 Å². The minimum Gasteiger partial charge on any atom is -0.494 e. The van der Waals surface area contributed by atoms with Gasteiger partial charge in [0.2, 0.25) is 0 Å². The molecule has 3 aromatic rings. The van der Waals surface area contributed by atoms with E-state index in [2.05, 4.69) is 31.2 Å². The van der Waals surface area contributed by atoms with Crippen molar-refractivity contribution >= 4 is 5.97 Å². The third-order valence-electron chi connectivity index (χ3n) is 6.99. The number of methoxy groups -OCH3 is 1. The van der Waals surface area contributed by atoms with E-state index in [0.717, 1.165) is 28.9 Å². The van der Waals surface area contributed by atoms with E-state index in [1.54, 1.807) is 19.2 Å². The molecular weight excluding hydrogens is 472 g/mol. The predicted molar refractivity (Wildman–Crippen MR) is 156 cm³/mol. The number of carbonyl (C=O) groups is 1. The SMILES string of the molecule is CCCCCCCCCCCCOc1ccc(C(=O)Oc2ccc(-c3ccc(C(C)OC)cc3)cc2)cc1. The molecule has 0 aliphatic carbocycles. The fourth-order valence-electron chi connectivity index (χ4n) is 4.43. The third-order valence-corrected chi connectivity index (χ3v) is 6.99. The second kappa shape index (κ2) is 16.7. The Kier molecular flexibility index (Phi) is 12.9. The smallest absolute Gasteiger partial charge is 0.343 e. The number of carbonyl (C=O) groups excluding carboxylic acids is 1. The van der Waals surface area contributed by atoms with E-state index in [-0.39, 0.29) is 12.1 Å². The number of esters is 1. The molecule has 0 radical (unpaired) electrons. The van der Waals surface area contributed by atoms with Crippen molar-refractivity contribution in [3.05, 3.63) is 83.9 Å². The third kappa shape index (κ3) is 9.98. The lowest BCUT2D eigenvalue weighted by atomic mass is 10.0. The molecule has 0 N–H and O–H groups in total. The molecule has 0 saturated carbocycles. The maximum Gasteiger partial charge on any atom is 0.343 e. The molecule has 0 aliphatic rings. The van der Waals surface area contributed by atoms with Crippen LogP contribution in [0.2, 0.25) is 0 Å². The predicted octanol–water partition coefficient (Wildman–Crippen LogP) is 9.58. The first-order valence-electron chi connectivity index (χ1n) is 14.3. The molecule has 0 heterocycles. The monoisotopic (exact) mass is 516 g/mol. The molecule has 0 bridgehead atoms. The number of ether oxygens (including phenoxy) is 3. The van der Waals surface area contributed by atoms with Crippen molar-refractivity contribution < 1.29 is 19.0 Å². The molecule has 1 atom stereocenters. The van der Waals surface area contributed by atoms with Crippen molar-refractivity contribution in [2.45, 2.75) is 84.2 Å². The van der Waals surface area contributed by atoms with Gasteiger partial charge >= 0.3 is 5.97 Å². The van der Waals surface area contributed by atoms with Gasteiger partial charge < -0.3 is 14.2 Å². The number of benzene rings is 3. The van der Waals surface area contributed by atoms with Crippen molar-refractivity contribution in [3.63, 3.8) is 0 Å². The van der Waals surface area contributed by atoms with Crippen molar-refractivity contribution in [3.8, 4) is 22.6 Å². The molecule has 3 rings (SSSR count). The first kappa shape index (κ1) is 29.4. The molecule has 0 saturated heterocycles. The van der Waals surface area contributed by atoms with E-state index in [0.29, 0.717) is 17.9 Å². The van der Waals surface area contributed by atoms with E-state index in [1.165, 1.54) is 57.8 Å². The lowest BCUT2D eigenvalue weighted by Crippen LogP contribution is -2.08. The lowest BCUT2D eigenvalue weighted by molar-refractivity contribution is 0.0734. The Bertz CT molecular complexity index is 1060. The van der Waals surface area contributed by atoms with E-state index < -0.39 is 0 Å². The van der Waals surface area contributed by atoms with Crippen molar-refractivity contribution in [1.82, 2.24) is 0 Å². The van der Waals surface area contributed by atoms with Crippen molar-refractivity contribution in [2.75, 3.05) is 13.7 Å². The largest absolute Gasteiger partial charge is 0.494 e. The zero-order valence-corrected chi connectivity index (χ0v) is 23.4. The van der Waals surface area contributed by atoms with Crippen molar-refractivity contribution in [1.29, 1.82) is 0 Å². The summed E-state index contributed by atoms with van der Waals surface area (Å²) in [5, 5.41) is 0. The maximum absolute atomic E-state index is 12.6. The number of rotatable bonds is 17. The van der Waals surface area contributed by atoms with Gasteiger partial charge in [-0.3, -0.25) is 0 Å². The maximum atomic E-state index is 12.6. The second-order valence-corrected chi connectivity index (χ2v) is 9.97. The Morgan fingerprint density at radius 1 is 0.658 bits per heavy atom. The second-order valence-electron chi connectivity index (χ2n) is 9.97. The van der Waals surface area contributed by atoms with Crippen LogP contribution in [-0.4, -0.2) is 19.7 Å². The van der Waals surface area contributed by atoms with E-state index in [9.17, 15) is 4.79 Å². The topological polar surface area (TPSA) is 44.8 Å². The Morgan fingerprint density at radius 3 is 1.71 bits per heavy atom. The van der Waals surface area contributed by atoms with Gasteiger partial charge in [-0.25, -0.2) is 4.79 Å². The first-order chi connectivity index (χ1) is 18.6. The fraction of sp³-hybridized carbons (Fsp3) is 0.441. The molecule has 1 unspecified atom stereocenters. The molecule has 0 fully saturated rings. The summed E-state index contributed by atoms with van der Waals surface area (Å²) in [6.45, 7) is 5.00. The molecule has 0 amide bonds. The van der Waals surface area contributed by atoms with E-state index in [4.69, 9.17) is 14.2 Å². The van der Waals surface area contributed by atoms with Crippen LogP contribution in [0, 0.1) is 0 Å². The minimum atomic E-state index is -0.378. The molecule has 4 nitrogen and oxygen atoms in total. The summed E-state index contributed by atoms with van der Waals surface area (Å²) < 4.78 is 16.8. The van der Waals surface area contributed by atoms with Gasteiger partial charge in [0, 0.05) is 7.11 Å². The van der Waals surface area contributed by atoms with Gasteiger partial charge in [0.05, 0.1) is 18.3 Å². The van der Waals surface area contributed by atoms with Crippen LogP contribution in [0.25, 0.3) is 11.1 Å². The number of unbranched alkanes of at least 4 members (excludes halogenated alkanes) is 9. The Labute approximate surface area is 229 Å². The van der Waals surface area contributed by atoms with Gasteiger partial charge in [-0.15, -0.1) is 0 Å². The van der Waals surface area contributed by atoms with Gasteiger partial charge in [-0.05, 0) is 66.4 Å². The Morgan fingerprint density at radius 2 is 1.16 bits per heavy atom. The standard InChI is InChI=1S/C34H44O4/c1-4-5-6-7-8-9-10-11-12-13-26-37-32-22-20-31(21-23-32)34(35)38-33-24-18-30(19-25-33)29-16-14-28(15-17-29)27(2)36-3/h14-25,27H,4-13,26H2,1-3H3. The van der Waals surface area contributed by atoms with Gasteiger partial charge in [0.25, 0.3) is 0 Å². The molecule has 4 heteroatoms. The highest BCUT2D eigenvalue weighted by Crippen LogP contribution is 2.25. The van der Waals surface area contributed by atoms with Crippen LogP contribution < -0.4 is 9.47 Å². The van der Waals surface area contributed by atoms with Crippen molar-refractivity contribution in [2.24, 2.45) is 0 Å². The van der Waals surface area contributed by atoms with Gasteiger partial charge in [-0.2, -0.15) is 0 Å². The molecular formula is C34H44O4. The van der Waals surface area contributed by atoms with Gasteiger partial charge in [-0.1, -0.05) is 101 Å². The summed E-state index contributed by atoms with van der Waals surface area (Å²) in [6, 6.07) is 23.0. The highest BCUT2D eigenvalue weighted by Gasteiger charge is 2.10. The average Bonchev–Trinajstić information content (AvgIpc) is 2.96. The Balaban J connectivity index is 1.36. The number of hydrogen-bond donors (Lipinski definition) is 0. The Hall–Kier alpha value is -3.11. The highest BCUT2D eigenvalue weighted by molar-refractivity contribution is 5.91.